The first-order valence-electron chi connectivity index (χ1n) is 9.90. The SMILES string of the molecule is CN1CCN(Cc2ccccc2)C(CNC(=O)Nc2cccc3nccnc23)C1. The van der Waals surface area contributed by atoms with Crippen LogP contribution < -0.4 is 10.6 Å². The number of rotatable bonds is 5. The molecule has 1 saturated heterocycles. The fourth-order valence-corrected chi connectivity index (χ4v) is 3.74. The quantitative estimate of drug-likeness (QED) is 0.701. The highest BCUT2D eigenvalue weighted by Crippen LogP contribution is 2.19. The van der Waals surface area contributed by atoms with E-state index in [9.17, 15) is 4.79 Å². The van der Waals surface area contributed by atoms with Crippen LogP contribution in [0.2, 0.25) is 0 Å². The standard InChI is InChI=1S/C22H26N6O/c1-27-12-13-28(15-17-6-3-2-4-7-17)18(16-27)14-25-22(29)26-20-9-5-8-19-21(20)24-11-10-23-19/h2-11,18H,12-16H2,1H3,(H2,25,26,29). The van der Waals surface area contributed by atoms with E-state index in [4.69, 9.17) is 0 Å². The van der Waals surface area contributed by atoms with Gasteiger partial charge in [-0.05, 0) is 24.7 Å². The predicted molar refractivity (Wildman–Crippen MR) is 115 cm³/mol. The van der Waals surface area contributed by atoms with Crippen molar-refractivity contribution in [3.05, 3.63) is 66.5 Å². The molecule has 0 radical (unpaired) electrons. The van der Waals surface area contributed by atoms with Gasteiger partial charge in [-0.3, -0.25) is 14.9 Å². The lowest BCUT2D eigenvalue weighted by Gasteiger charge is -2.40. The molecule has 1 unspecified atom stereocenters. The molecule has 2 N–H and O–H groups in total. The van der Waals surface area contributed by atoms with Crippen LogP contribution in [0.25, 0.3) is 11.0 Å². The number of para-hydroxylation sites is 1. The normalized spacial score (nSPS) is 17.9. The number of piperazine rings is 1. The van der Waals surface area contributed by atoms with E-state index in [0.29, 0.717) is 17.7 Å². The second-order valence-electron chi connectivity index (χ2n) is 7.44. The first-order chi connectivity index (χ1) is 14.2. The van der Waals surface area contributed by atoms with E-state index in [1.165, 1.54) is 5.56 Å². The Kier molecular flexibility index (Phi) is 5.97. The van der Waals surface area contributed by atoms with Crippen molar-refractivity contribution >= 4 is 22.8 Å². The molecule has 1 aliphatic rings. The fraction of sp³-hybridized carbons (Fsp3) is 0.318. The van der Waals surface area contributed by atoms with Gasteiger partial charge in [0.15, 0.2) is 0 Å². The van der Waals surface area contributed by atoms with Crippen LogP contribution in [0.4, 0.5) is 10.5 Å². The molecule has 2 aromatic carbocycles. The van der Waals surface area contributed by atoms with Crippen molar-refractivity contribution in [3.8, 4) is 0 Å². The van der Waals surface area contributed by atoms with Crippen molar-refractivity contribution < 1.29 is 4.79 Å². The predicted octanol–water partition coefficient (Wildman–Crippen LogP) is 2.57. The van der Waals surface area contributed by atoms with Crippen LogP contribution in [0.3, 0.4) is 0 Å². The van der Waals surface area contributed by atoms with Gasteiger partial charge >= 0.3 is 6.03 Å². The minimum atomic E-state index is -0.226. The zero-order valence-corrected chi connectivity index (χ0v) is 16.6. The molecule has 1 atom stereocenters. The molecule has 1 aliphatic heterocycles. The summed E-state index contributed by atoms with van der Waals surface area (Å²) in [6.45, 7) is 4.41. The third kappa shape index (κ3) is 4.88. The minimum absolute atomic E-state index is 0.226. The van der Waals surface area contributed by atoms with E-state index < -0.39 is 0 Å². The number of aromatic nitrogens is 2. The Hall–Kier alpha value is -3.03. The Bertz CT molecular complexity index is 958. The summed E-state index contributed by atoms with van der Waals surface area (Å²) in [6, 6.07) is 16.1. The Morgan fingerprint density at radius 2 is 1.90 bits per heavy atom. The highest BCUT2D eigenvalue weighted by Gasteiger charge is 2.25. The summed E-state index contributed by atoms with van der Waals surface area (Å²) in [6.07, 6.45) is 3.28. The number of fused-ring (bicyclic) bond motifs is 1. The maximum absolute atomic E-state index is 12.5. The Morgan fingerprint density at radius 3 is 2.76 bits per heavy atom. The van der Waals surface area contributed by atoms with E-state index in [2.05, 4.69) is 61.7 Å². The molecule has 0 saturated carbocycles. The van der Waals surface area contributed by atoms with Gasteiger partial charge in [0.25, 0.3) is 0 Å². The summed E-state index contributed by atoms with van der Waals surface area (Å²) in [7, 11) is 2.13. The number of nitrogens with one attached hydrogen (secondary N) is 2. The van der Waals surface area contributed by atoms with Crippen LogP contribution >= 0.6 is 0 Å². The highest BCUT2D eigenvalue weighted by molar-refractivity contribution is 5.98. The summed E-state index contributed by atoms with van der Waals surface area (Å²) in [5, 5.41) is 5.95. The molecule has 4 rings (SSSR count). The zero-order chi connectivity index (χ0) is 20.1. The van der Waals surface area contributed by atoms with Crippen LogP contribution in [-0.2, 0) is 6.54 Å². The lowest BCUT2D eigenvalue weighted by molar-refractivity contribution is 0.0844. The first-order valence-corrected chi connectivity index (χ1v) is 9.90. The maximum Gasteiger partial charge on any atom is 0.319 e. The lowest BCUT2D eigenvalue weighted by atomic mass is 10.1. The van der Waals surface area contributed by atoms with E-state index in [1.807, 2.05) is 24.3 Å². The largest absolute Gasteiger partial charge is 0.336 e. The molecule has 1 fully saturated rings. The lowest BCUT2D eigenvalue weighted by Crippen LogP contribution is -2.55. The van der Waals surface area contributed by atoms with Gasteiger partial charge in [-0.25, -0.2) is 4.79 Å². The van der Waals surface area contributed by atoms with Crippen molar-refractivity contribution in [2.24, 2.45) is 0 Å². The topological polar surface area (TPSA) is 73.4 Å². The fourth-order valence-electron chi connectivity index (χ4n) is 3.74. The molecule has 0 bridgehead atoms. The third-order valence-corrected chi connectivity index (χ3v) is 5.28. The van der Waals surface area contributed by atoms with Gasteiger partial charge < -0.3 is 15.5 Å². The van der Waals surface area contributed by atoms with Crippen molar-refractivity contribution in [2.75, 3.05) is 38.5 Å². The van der Waals surface area contributed by atoms with Gasteiger partial charge in [0.05, 0.1) is 11.2 Å². The average molecular weight is 390 g/mol. The smallest absolute Gasteiger partial charge is 0.319 e. The molecule has 29 heavy (non-hydrogen) atoms. The van der Waals surface area contributed by atoms with Gasteiger partial charge in [-0.1, -0.05) is 36.4 Å². The van der Waals surface area contributed by atoms with E-state index in [0.717, 1.165) is 31.7 Å². The Balaban J connectivity index is 1.38. The number of amides is 2. The molecule has 150 valence electrons. The van der Waals surface area contributed by atoms with Crippen molar-refractivity contribution in [3.63, 3.8) is 0 Å². The van der Waals surface area contributed by atoms with Gasteiger partial charge in [-0.15, -0.1) is 0 Å². The van der Waals surface area contributed by atoms with Crippen LogP contribution in [-0.4, -0.2) is 65.1 Å². The molecule has 0 aliphatic carbocycles. The summed E-state index contributed by atoms with van der Waals surface area (Å²) in [5.74, 6) is 0. The first kappa shape index (κ1) is 19.3. The van der Waals surface area contributed by atoms with E-state index in [1.54, 1.807) is 12.4 Å². The van der Waals surface area contributed by atoms with Crippen LogP contribution in [0.5, 0.6) is 0 Å². The number of carbonyl (C=O) groups is 1. The van der Waals surface area contributed by atoms with Gasteiger partial charge in [0, 0.05) is 51.2 Å². The van der Waals surface area contributed by atoms with Crippen LogP contribution in [0.15, 0.2) is 60.9 Å². The zero-order valence-electron chi connectivity index (χ0n) is 16.6. The number of nitrogens with zero attached hydrogens (tertiary/aromatic N) is 4. The molecule has 1 aromatic heterocycles. The number of urea groups is 1. The number of anilines is 1. The molecule has 3 aromatic rings. The van der Waals surface area contributed by atoms with Gasteiger partial charge in [0.2, 0.25) is 0 Å². The molecular weight excluding hydrogens is 364 g/mol. The molecule has 7 nitrogen and oxygen atoms in total. The maximum atomic E-state index is 12.5. The minimum Gasteiger partial charge on any atom is -0.336 e. The second kappa shape index (κ2) is 8.98. The summed E-state index contributed by atoms with van der Waals surface area (Å²) in [4.78, 5) is 25.9. The monoisotopic (exact) mass is 390 g/mol. The van der Waals surface area contributed by atoms with E-state index in [-0.39, 0.29) is 12.1 Å². The molecule has 2 heterocycles. The van der Waals surface area contributed by atoms with E-state index >= 15 is 0 Å². The number of hydrogen-bond donors (Lipinski definition) is 2. The molecule has 2 amide bonds. The van der Waals surface area contributed by atoms with Crippen LogP contribution in [0, 0.1) is 0 Å². The number of hydrogen-bond acceptors (Lipinski definition) is 5. The third-order valence-electron chi connectivity index (χ3n) is 5.28. The van der Waals surface area contributed by atoms with Gasteiger partial charge in [0.1, 0.15) is 5.52 Å². The number of likely N-dealkylation sites (N-methyl/N-ethyl adjacent to an activating group) is 1. The van der Waals surface area contributed by atoms with Gasteiger partial charge in [-0.2, -0.15) is 0 Å². The molecular formula is C22H26N6O. The highest BCUT2D eigenvalue weighted by atomic mass is 16.2. The Morgan fingerprint density at radius 1 is 1.07 bits per heavy atom. The van der Waals surface area contributed by atoms with Crippen molar-refractivity contribution in [1.29, 1.82) is 0 Å². The van der Waals surface area contributed by atoms with Crippen LogP contribution in [0.1, 0.15) is 5.56 Å². The second-order valence-corrected chi connectivity index (χ2v) is 7.44. The Labute approximate surface area is 170 Å². The number of benzene rings is 2. The average Bonchev–Trinajstić information content (AvgIpc) is 2.75. The van der Waals surface area contributed by atoms with Crippen molar-refractivity contribution in [1.82, 2.24) is 25.1 Å². The summed E-state index contributed by atoms with van der Waals surface area (Å²) in [5.41, 5.74) is 3.40. The molecule has 0 spiro atoms. The molecule has 7 heteroatoms. The summed E-state index contributed by atoms with van der Waals surface area (Å²) >= 11 is 0. The number of carbonyl (C=O) groups excluding carboxylic acids is 1. The summed E-state index contributed by atoms with van der Waals surface area (Å²) < 4.78 is 0. The van der Waals surface area contributed by atoms with Crippen molar-refractivity contribution in [2.45, 2.75) is 12.6 Å².